The fraction of sp³-hybridized carbons (Fsp3) is 0.222. The predicted octanol–water partition coefficient (Wildman–Crippen LogP) is 1.54. The summed E-state index contributed by atoms with van der Waals surface area (Å²) in [7, 11) is 0. The highest BCUT2D eigenvalue weighted by atomic mass is 32.2. The van der Waals surface area contributed by atoms with Crippen LogP contribution in [0.4, 0.5) is 8.78 Å². The third kappa shape index (κ3) is 3.07. The number of esters is 1. The largest absolute Gasteiger partial charge is 0.456 e. The SMILES string of the molecule is O=C(OCc1ccccc1)C(F)(F)S(=O)O. The van der Waals surface area contributed by atoms with E-state index < -0.39 is 22.3 Å². The highest BCUT2D eigenvalue weighted by molar-refractivity contribution is 7.81. The van der Waals surface area contributed by atoms with Crippen molar-refractivity contribution >= 4 is 17.0 Å². The van der Waals surface area contributed by atoms with E-state index >= 15 is 0 Å². The molecule has 1 rings (SSSR count). The Morgan fingerprint density at radius 1 is 1.38 bits per heavy atom. The van der Waals surface area contributed by atoms with E-state index in [4.69, 9.17) is 4.55 Å². The number of rotatable bonds is 4. The van der Waals surface area contributed by atoms with Crippen molar-refractivity contribution in [3.05, 3.63) is 35.9 Å². The van der Waals surface area contributed by atoms with Crippen LogP contribution in [0.5, 0.6) is 0 Å². The number of hydrogen-bond acceptors (Lipinski definition) is 3. The Hall–Kier alpha value is -1.34. The zero-order valence-corrected chi connectivity index (χ0v) is 8.75. The topological polar surface area (TPSA) is 63.6 Å². The maximum Gasteiger partial charge on any atom is 0.439 e. The van der Waals surface area contributed by atoms with Gasteiger partial charge in [0.25, 0.3) is 0 Å². The molecule has 0 heterocycles. The van der Waals surface area contributed by atoms with E-state index in [1.54, 1.807) is 30.3 Å². The zero-order chi connectivity index (χ0) is 12.2. The van der Waals surface area contributed by atoms with Gasteiger partial charge in [-0.2, -0.15) is 8.78 Å². The number of halogens is 2. The van der Waals surface area contributed by atoms with E-state index in [0.717, 1.165) is 0 Å². The molecule has 0 aliphatic heterocycles. The molecule has 4 nitrogen and oxygen atoms in total. The number of hydrogen-bond donors (Lipinski definition) is 1. The molecule has 1 aromatic rings. The molecule has 0 aliphatic rings. The van der Waals surface area contributed by atoms with Crippen molar-refractivity contribution in [2.24, 2.45) is 0 Å². The molecule has 0 amide bonds. The van der Waals surface area contributed by atoms with Gasteiger partial charge >= 0.3 is 11.2 Å². The number of carbonyl (C=O) groups excluding carboxylic acids is 1. The van der Waals surface area contributed by atoms with E-state index in [1.807, 2.05) is 0 Å². The molecule has 0 aromatic heterocycles. The van der Waals surface area contributed by atoms with E-state index in [-0.39, 0.29) is 6.61 Å². The van der Waals surface area contributed by atoms with Gasteiger partial charge in [-0.1, -0.05) is 30.3 Å². The monoisotopic (exact) mass is 250 g/mol. The van der Waals surface area contributed by atoms with Gasteiger partial charge in [0.1, 0.15) is 6.61 Å². The zero-order valence-electron chi connectivity index (χ0n) is 7.93. The van der Waals surface area contributed by atoms with E-state index in [2.05, 4.69) is 4.74 Å². The quantitative estimate of drug-likeness (QED) is 0.650. The van der Waals surface area contributed by atoms with Crippen LogP contribution in [0.1, 0.15) is 5.56 Å². The van der Waals surface area contributed by atoms with Gasteiger partial charge in [-0.05, 0) is 5.56 Å². The first-order chi connectivity index (χ1) is 7.44. The highest BCUT2D eigenvalue weighted by Gasteiger charge is 2.47. The number of ether oxygens (including phenoxy) is 1. The number of alkyl halides is 2. The molecule has 1 atom stereocenters. The molecule has 88 valence electrons. The molecule has 7 heteroatoms. The fourth-order valence-electron chi connectivity index (χ4n) is 0.878. The molecular formula is C9H8F2O4S. The maximum atomic E-state index is 12.6. The summed E-state index contributed by atoms with van der Waals surface area (Å²) in [5.74, 6) is -2.02. The van der Waals surface area contributed by atoms with E-state index in [9.17, 15) is 17.8 Å². The fourth-order valence-corrected chi connectivity index (χ4v) is 1.08. The minimum absolute atomic E-state index is 0.369. The minimum atomic E-state index is -4.39. The van der Waals surface area contributed by atoms with Gasteiger partial charge < -0.3 is 9.29 Å². The Kier molecular flexibility index (Phi) is 4.08. The van der Waals surface area contributed by atoms with Gasteiger partial charge in [0.15, 0.2) is 0 Å². The van der Waals surface area contributed by atoms with Crippen molar-refractivity contribution in [3.8, 4) is 0 Å². The van der Waals surface area contributed by atoms with Gasteiger partial charge in [0.2, 0.25) is 11.1 Å². The lowest BCUT2D eigenvalue weighted by Gasteiger charge is -2.10. The summed E-state index contributed by atoms with van der Waals surface area (Å²) < 4.78 is 47.8. The first kappa shape index (κ1) is 12.7. The van der Waals surface area contributed by atoms with Gasteiger partial charge in [0.05, 0.1) is 0 Å². The molecule has 1 aromatic carbocycles. The Morgan fingerprint density at radius 3 is 2.44 bits per heavy atom. The normalized spacial score (nSPS) is 13.2. The summed E-state index contributed by atoms with van der Waals surface area (Å²) in [5, 5.41) is -4.39. The van der Waals surface area contributed by atoms with E-state index in [0.29, 0.717) is 5.56 Å². The Balaban J connectivity index is 2.57. The Morgan fingerprint density at radius 2 is 1.94 bits per heavy atom. The van der Waals surface area contributed by atoms with Crippen molar-refractivity contribution in [2.45, 2.75) is 11.9 Å². The molecular weight excluding hydrogens is 242 g/mol. The van der Waals surface area contributed by atoms with Gasteiger partial charge in [-0.25, -0.2) is 9.00 Å². The summed E-state index contributed by atoms with van der Waals surface area (Å²) >= 11 is -3.57. The summed E-state index contributed by atoms with van der Waals surface area (Å²) in [4.78, 5) is 10.8. The van der Waals surface area contributed by atoms with Crippen LogP contribution in [0.15, 0.2) is 30.3 Å². The molecule has 16 heavy (non-hydrogen) atoms. The Labute approximate surface area is 92.5 Å². The van der Waals surface area contributed by atoms with Crippen LogP contribution >= 0.6 is 0 Å². The maximum absolute atomic E-state index is 12.6. The molecule has 1 unspecified atom stereocenters. The van der Waals surface area contributed by atoms with Crippen LogP contribution in [0, 0.1) is 0 Å². The van der Waals surface area contributed by atoms with Crippen molar-refractivity contribution in [3.63, 3.8) is 0 Å². The smallest absolute Gasteiger partial charge is 0.439 e. The second-order valence-corrected chi connectivity index (χ2v) is 3.84. The van der Waals surface area contributed by atoms with Gasteiger partial charge in [-0.15, -0.1) is 0 Å². The van der Waals surface area contributed by atoms with Crippen LogP contribution < -0.4 is 0 Å². The lowest BCUT2D eigenvalue weighted by molar-refractivity contribution is -0.162. The van der Waals surface area contributed by atoms with Crippen LogP contribution in [0.25, 0.3) is 0 Å². The van der Waals surface area contributed by atoms with Crippen molar-refractivity contribution in [1.82, 2.24) is 0 Å². The predicted molar refractivity (Wildman–Crippen MR) is 52.0 cm³/mol. The summed E-state index contributed by atoms with van der Waals surface area (Å²) in [6, 6.07) is 8.14. The minimum Gasteiger partial charge on any atom is -0.456 e. The molecule has 0 saturated carbocycles. The standard InChI is InChI=1S/C9H8F2O4S/c10-9(11,16(13)14)8(12)15-6-7-4-2-1-3-5-7/h1-5H,6H2,(H,13,14). The Bertz CT molecular complexity index is 394. The first-order valence-corrected chi connectivity index (χ1v) is 5.25. The molecule has 0 bridgehead atoms. The van der Waals surface area contributed by atoms with Gasteiger partial charge in [0, 0.05) is 0 Å². The molecule has 0 aliphatic carbocycles. The van der Waals surface area contributed by atoms with Crippen LogP contribution in [-0.2, 0) is 27.2 Å². The van der Waals surface area contributed by atoms with Crippen LogP contribution in [-0.4, -0.2) is 20.0 Å². The molecule has 0 spiro atoms. The molecule has 0 radical (unpaired) electrons. The van der Waals surface area contributed by atoms with Crippen LogP contribution in [0.2, 0.25) is 0 Å². The molecule has 0 fully saturated rings. The molecule has 1 N–H and O–H groups in total. The first-order valence-electron chi connectivity index (χ1n) is 4.14. The lowest BCUT2D eigenvalue weighted by Crippen LogP contribution is -2.34. The summed E-state index contributed by atoms with van der Waals surface area (Å²) in [6.07, 6.45) is 0. The summed E-state index contributed by atoms with van der Waals surface area (Å²) in [5.41, 5.74) is 0.510. The highest BCUT2D eigenvalue weighted by Crippen LogP contribution is 2.19. The average molecular weight is 250 g/mol. The second kappa shape index (κ2) is 5.13. The van der Waals surface area contributed by atoms with Crippen molar-refractivity contribution in [2.75, 3.05) is 0 Å². The van der Waals surface area contributed by atoms with E-state index in [1.165, 1.54) is 0 Å². The lowest BCUT2D eigenvalue weighted by atomic mass is 10.2. The van der Waals surface area contributed by atoms with Gasteiger partial charge in [-0.3, -0.25) is 0 Å². The second-order valence-electron chi connectivity index (χ2n) is 2.83. The van der Waals surface area contributed by atoms with Crippen molar-refractivity contribution in [1.29, 1.82) is 0 Å². The molecule has 0 saturated heterocycles. The third-order valence-electron chi connectivity index (χ3n) is 1.67. The van der Waals surface area contributed by atoms with Crippen molar-refractivity contribution < 1.29 is 27.1 Å². The van der Waals surface area contributed by atoms with Crippen LogP contribution in [0.3, 0.4) is 0 Å². The number of carbonyl (C=O) groups is 1. The summed E-state index contributed by atoms with van der Waals surface area (Å²) in [6.45, 7) is -0.369. The average Bonchev–Trinajstić information content (AvgIpc) is 2.27. The number of benzene rings is 1. The third-order valence-corrected chi connectivity index (χ3v) is 2.27.